The second-order valence-electron chi connectivity index (χ2n) is 6.01. The van der Waals surface area contributed by atoms with E-state index in [-0.39, 0.29) is 0 Å². The zero-order valence-electron chi connectivity index (χ0n) is 15.4. The molecule has 0 aromatic carbocycles. The van der Waals surface area contributed by atoms with Crippen LogP contribution in [0, 0.1) is 6.42 Å². The zero-order chi connectivity index (χ0) is 17.4. The van der Waals surface area contributed by atoms with Gasteiger partial charge in [-0.15, -0.1) is 0 Å². The van der Waals surface area contributed by atoms with Gasteiger partial charge in [0, 0.05) is 19.6 Å². The Bertz CT molecular complexity index is 273. The third-order valence-electron chi connectivity index (χ3n) is 3.99. The predicted octanol–water partition coefficient (Wildman–Crippen LogP) is 5.36. The van der Waals surface area contributed by atoms with Gasteiger partial charge in [0.05, 0.1) is 0 Å². The van der Waals surface area contributed by atoms with Crippen molar-refractivity contribution in [2.75, 3.05) is 13.2 Å². The standard InChI is InChI=1S/C19H37O4/c1-4-7-8-9-10-11-12-13-14-15-16-17-19(18(20)21,22-5-2)23-6-3/h17H,4-16H2,1-3H3,(H,20,21). The number of carboxylic acids is 1. The lowest BCUT2D eigenvalue weighted by molar-refractivity contribution is -0.227. The van der Waals surface area contributed by atoms with Crippen molar-refractivity contribution in [3.05, 3.63) is 6.42 Å². The summed E-state index contributed by atoms with van der Waals surface area (Å²) in [5.74, 6) is -2.63. The number of carbonyl (C=O) groups is 1. The Morgan fingerprint density at radius 2 is 1.26 bits per heavy atom. The summed E-state index contributed by atoms with van der Waals surface area (Å²) in [7, 11) is 0. The quantitative estimate of drug-likeness (QED) is 0.288. The summed E-state index contributed by atoms with van der Waals surface area (Å²) in [6.45, 7) is 6.45. The van der Waals surface area contributed by atoms with Crippen molar-refractivity contribution >= 4 is 5.97 Å². The number of carboxylic acid groups (broad SMARTS) is 1. The van der Waals surface area contributed by atoms with Gasteiger partial charge in [0.1, 0.15) is 0 Å². The molecule has 0 bridgehead atoms. The van der Waals surface area contributed by atoms with Crippen LogP contribution in [0.25, 0.3) is 0 Å². The van der Waals surface area contributed by atoms with Gasteiger partial charge in [-0.2, -0.15) is 0 Å². The highest BCUT2D eigenvalue weighted by molar-refractivity contribution is 5.77. The molecule has 0 aliphatic rings. The monoisotopic (exact) mass is 329 g/mol. The Hall–Kier alpha value is -0.610. The molecule has 0 unspecified atom stereocenters. The normalized spacial score (nSPS) is 11.8. The van der Waals surface area contributed by atoms with E-state index < -0.39 is 11.8 Å². The molecule has 0 saturated carbocycles. The predicted molar refractivity (Wildman–Crippen MR) is 94.4 cm³/mol. The van der Waals surface area contributed by atoms with E-state index in [2.05, 4.69) is 6.92 Å². The van der Waals surface area contributed by atoms with Gasteiger partial charge in [0.15, 0.2) is 0 Å². The second kappa shape index (κ2) is 14.9. The summed E-state index contributed by atoms with van der Waals surface area (Å²) >= 11 is 0. The summed E-state index contributed by atoms with van der Waals surface area (Å²) in [4.78, 5) is 11.4. The Balaban J connectivity index is 3.72. The van der Waals surface area contributed by atoms with Crippen molar-refractivity contribution in [2.45, 2.75) is 97.2 Å². The molecule has 0 aromatic heterocycles. The highest BCUT2D eigenvalue weighted by Gasteiger charge is 2.40. The van der Waals surface area contributed by atoms with Crippen molar-refractivity contribution in [2.24, 2.45) is 0 Å². The summed E-state index contributed by atoms with van der Waals surface area (Å²) in [5.41, 5.74) is 0. The zero-order valence-corrected chi connectivity index (χ0v) is 15.4. The molecular weight excluding hydrogens is 292 g/mol. The van der Waals surface area contributed by atoms with E-state index in [1.165, 1.54) is 51.4 Å². The van der Waals surface area contributed by atoms with Crippen molar-refractivity contribution < 1.29 is 19.4 Å². The van der Waals surface area contributed by atoms with Crippen LogP contribution in [0.1, 0.15) is 91.4 Å². The fourth-order valence-corrected chi connectivity index (χ4v) is 2.72. The van der Waals surface area contributed by atoms with Gasteiger partial charge in [-0.3, -0.25) is 0 Å². The molecule has 1 N–H and O–H groups in total. The van der Waals surface area contributed by atoms with E-state index in [1.807, 2.05) is 0 Å². The van der Waals surface area contributed by atoms with E-state index in [4.69, 9.17) is 9.47 Å². The van der Waals surface area contributed by atoms with E-state index in [0.717, 1.165) is 12.8 Å². The molecule has 0 saturated heterocycles. The Kier molecular flexibility index (Phi) is 14.6. The first-order chi connectivity index (χ1) is 11.1. The minimum Gasteiger partial charge on any atom is -0.477 e. The van der Waals surface area contributed by atoms with Crippen LogP contribution in [0.5, 0.6) is 0 Å². The lowest BCUT2D eigenvalue weighted by Crippen LogP contribution is -2.45. The number of rotatable bonds is 17. The molecule has 0 amide bonds. The van der Waals surface area contributed by atoms with Crippen LogP contribution >= 0.6 is 0 Å². The van der Waals surface area contributed by atoms with Gasteiger partial charge in [0.2, 0.25) is 0 Å². The number of ether oxygens (including phenoxy) is 2. The minimum absolute atomic E-state index is 0.320. The summed E-state index contributed by atoms with van der Waals surface area (Å²) in [6, 6.07) is 0. The van der Waals surface area contributed by atoms with Crippen molar-refractivity contribution in [1.29, 1.82) is 0 Å². The third kappa shape index (κ3) is 10.7. The Morgan fingerprint density at radius 3 is 1.65 bits per heavy atom. The highest BCUT2D eigenvalue weighted by atomic mass is 16.7. The number of hydrogen-bond acceptors (Lipinski definition) is 3. The van der Waals surface area contributed by atoms with Gasteiger partial charge < -0.3 is 14.6 Å². The fraction of sp³-hybridized carbons (Fsp3) is 0.895. The number of aliphatic carboxylic acids is 1. The average Bonchev–Trinajstić information content (AvgIpc) is 2.52. The SMILES string of the molecule is CCCCCCCCCCCC[CH]C(OCC)(OCC)C(=O)O. The molecule has 0 aromatic rings. The Morgan fingerprint density at radius 1 is 0.826 bits per heavy atom. The van der Waals surface area contributed by atoms with Crippen LogP contribution in [0.2, 0.25) is 0 Å². The lowest BCUT2D eigenvalue weighted by Gasteiger charge is -2.28. The Labute approximate surface area is 142 Å². The lowest BCUT2D eigenvalue weighted by atomic mass is 10.0. The molecule has 4 heteroatoms. The molecule has 0 aliphatic carbocycles. The average molecular weight is 330 g/mol. The first kappa shape index (κ1) is 22.4. The van der Waals surface area contributed by atoms with E-state index in [9.17, 15) is 9.90 Å². The van der Waals surface area contributed by atoms with Crippen LogP contribution in [-0.2, 0) is 14.3 Å². The van der Waals surface area contributed by atoms with Crippen molar-refractivity contribution in [3.63, 3.8) is 0 Å². The van der Waals surface area contributed by atoms with Crippen LogP contribution in [-0.4, -0.2) is 30.1 Å². The van der Waals surface area contributed by atoms with Gasteiger partial charge in [-0.05, 0) is 20.3 Å². The number of hydrogen-bond donors (Lipinski definition) is 1. The maximum Gasteiger partial charge on any atom is 0.364 e. The summed E-state index contributed by atoms with van der Waals surface area (Å²) in [5, 5.41) is 9.37. The van der Waals surface area contributed by atoms with Gasteiger partial charge >= 0.3 is 5.97 Å². The van der Waals surface area contributed by atoms with Crippen LogP contribution in [0.3, 0.4) is 0 Å². The molecule has 0 aliphatic heterocycles. The van der Waals surface area contributed by atoms with Crippen molar-refractivity contribution in [3.8, 4) is 0 Å². The second-order valence-corrected chi connectivity index (χ2v) is 6.01. The molecular formula is C19H37O4. The maximum atomic E-state index is 11.4. The molecule has 0 spiro atoms. The molecule has 0 atom stereocenters. The van der Waals surface area contributed by atoms with Gasteiger partial charge in [-0.25, -0.2) is 4.79 Å². The highest BCUT2D eigenvalue weighted by Crippen LogP contribution is 2.22. The first-order valence-corrected chi connectivity index (χ1v) is 9.48. The molecule has 0 fully saturated rings. The molecule has 0 rings (SSSR count). The molecule has 137 valence electrons. The van der Waals surface area contributed by atoms with Crippen molar-refractivity contribution in [1.82, 2.24) is 0 Å². The van der Waals surface area contributed by atoms with Gasteiger partial charge in [0.25, 0.3) is 5.79 Å². The van der Waals surface area contributed by atoms with E-state index in [1.54, 1.807) is 20.3 Å². The fourth-order valence-electron chi connectivity index (χ4n) is 2.72. The first-order valence-electron chi connectivity index (χ1n) is 9.48. The summed E-state index contributed by atoms with van der Waals surface area (Å²) < 4.78 is 10.7. The molecule has 0 heterocycles. The minimum atomic E-state index is -1.57. The van der Waals surface area contributed by atoms with Gasteiger partial charge in [-0.1, -0.05) is 71.1 Å². The maximum absolute atomic E-state index is 11.4. The largest absolute Gasteiger partial charge is 0.477 e. The molecule has 23 heavy (non-hydrogen) atoms. The van der Waals surface area contributed by atoms with Crippen LogP contribution in [0.4, 0.5) is 0 Å². The van der Waals surface area contributed by atoms with Crippen LogP contribution < -0.4 is 0 Å². The number of unbranched alkanes of at least 4 members (excludes halogenated alkanes) is 10. The molecule has 1 radical (unpaired) electrons. The third-order valence-corrected chi connectivity index (χ3v) is 3.99. The topological polar surface area (TPSA) is 55.8 Å². The van der Waals surface area contributed by atoms with E-state index in [0.29, 0.717) is 19.6 Å². The smallest absolute Gasteiger partial charge is 0.364 e. The van der Waals surface area contributed by atoms with E-state index >= 15 is 0 Å². The van der Waals surface area contributed by atoms with Crippen LogP contribution in [0.15, 0.2) is 0 Å². The molecule has 4 nitrogen and oxygen atoms in total. The summed E-state index contributed by atoms with van der Waals surface area (Å²) in [6.07, 6.45) is 15.1.